The number of nitrogens with two attached hydrogens (primary N) is 1. The third-order valence-electron chi connectivity index (χ3n) is 2.42. The summed E-state index contributed by atoms with van der Waals surface area (Å²) >= 11 is 0. The normalized spacial score (nSPS) is 20.2. The second-order valence-corrected chi connectivity index (χ2v) is 3.30. The second kappa shape index (κ2) is 3.09. The summed E-state index contributed by atoms with van der Waals surface area (Å²) in [6.45, 7) is 0. The van der Waals surface area contributed by atoms with Gasteiger partial charge in [-0.1, -0.05) is 6.07 Å². The summed E-state index contributed by atoms with van der Waals surface area (Å²) in [5, 5.41) is 3.14. The van der Waals surface area contributed by atoms with E-state index in [4.69, 9.17) is 5.73 Å². The minimum absolute atomic E-state index is 0.0469. The van der Waals surface area contributed by atoms with Gasteiger partial charge in [0.15, 0.2) is 0 Å². The summed E-state index contributed by atoms with van der Waals surface area (Å²) in [5.74, 6) is 0. The summed E-state index contributed by atoms with van der Waals surface area (Å²) in [7, 11) is 0. The number of benzene rings is 1. The molecule has 3 N–H and O–H groups in total. The first-order chi connectivity index (χ1) is 6.31. The van der Waals surface area contributed by atoms with Crippen LogP contribution in [0.3, 0.4) is 0 Å². The highest BCUT2D eigenvalue weighted by molar-refractivity contribution is 5.72. The number of nitrogens with one attached hydrogen (secondary N) is 1. The molecule has 1 aromatic rings. The van der Waals surface area contributed by atoms with Gasteiger partial charge in [0.25, 0.3) is 0 Å². The topological polar surface area (TPSA) is 55.1 Å². The number of carbonyl (C=O) groups is 1. The number of aldehydes is 1. The van der Waals surface area contributed by atoms with Crippen LogP contribution in [0.4, 0.5) is 11.4 Å². The van der Waals surface area contributed by atoms with Gasteiger partial charge in [0.2, 0.25) is 0 Å². The Labute approximate surface area is 76.9 Å². The zero-order valence-electron chi connectivity index (χ0n) is 7.29. The lowest BCUT2D eigenvalue weighted by Gasteiger charge is -2.23. The maximum absolute atomic E-state index is 10.6. The van der Waals surface area contributed by atoms with E-state index in [1.54, 1.807) is 0 Å². The Morgan fingerprint density at radius 3 is 3.15 bits per heavy atom. The van der Waals surface area contributed by atoms with Crippen molar-refractivity contribution >= 4 is 17.7 Å². The maximum atomic E-state index is 10.6. The zero-order chi connectivity index (χ0) is 9.26. The van der Waals surface area contributed by atoms with E-state index in [0.717, 1.165) is 36.1 Å². The first kappa shape index (κ1) is 8.10. The molecule has 2 rings (SSSR count). The van der Waals surface area contributed by atoms with E-state index in [0.29, 0.717) is 0 Å². The van der Waals surface area contributed by atoms with Gasteiger partial charge in [0, 0.05) is 11.4 Å². The van der Waals surface area contributed by atoms with Crippen LogP contribution in [0, 0.1) is 0 Å². The van der Waals surface area contributed by atoms with Crippen LogP contribution >= 0.6 is 0 Å². The molecule has 0 saturated carbocycles. The van der Waals surface area contributed by atoms with Crippen LogP contribution in [0.1, 0.15) is 12.0 Å². The molecular weight excluding hydrogens is 164 g/mol. The fourth-order valence-corrected chi connectivity index (χ4v) is 1.69. The van der Waals surface area contributed by atoms with Gasteiger partial charge in [-0.3, -0.25) is 0 Å². The van der Waals surface area contributed by atoms with Gasteiger partial charge in [-0.05, 0) is 30.5 Å². The first-order valence-corrected chi connectivity index (χ1v) is 4.40. The molecule has 0 radical (unpaired) electrons. The number of nitrogen functional groups attached to an aromatic ring is 1. The van der Waals surface area contributed by atoms with Gasteiger partial charge in [-0.25, -0.2) is 0 Å². The van der Waals surface area contributed by atoms with Crippen molar-refractivity contribution in [1.82, 2.24) is 0 Å². The van der Waals surface area contributed by atoms with E-state index in [2.05, 4.69) is 5.32 Å². The fraction of sp³-hybridized carbons (Fsp3) is 0.300. The highest BCUT2D eigenvalue weighted by Gasteiger charge is 2.17. The van der Waals surface area contributed by atoms with E-state index in [9.17, 15) is 4.79 Å². The lowest BCUT2D eigenvalue weighted by atomic mass is 9.97. The van der Waals surface area contributed by atoms with Gasteiger partial charge in [0.1, 0.15) is 6.29 Å². The molecule has 3 heteroatoms. The van der Waals surface area contributed by atoms with Gasteiger partial charge in [-0.2, -0.15) is 0 Å². The number of anilines is 2. The molecule has 0 aliphatic carbocycles. The Kier molecular flexibility index (Phi) is 1.93. The van der Waals surface area contributed by atoms with Crippen LogP contribution < -0.4 is 11.1 Å². The molecule has 1 unspecified atom stereocenters. The lowest BCUT2D eigenvalue weighted by molar-refractivity contribution is -0.108. The van der Waals surface area contributed by atoms with Crippen LogP contribution in [0.25, 0.3) is 0 Å². The van der Waals surface area contributed by atoms with Crippen molar-refractivity contribution in [2.24, 2.45) is 0 Å². The molecular formula is C10H12N2O. The van der Waals surface area contributed by atoms with Gasteiger partial charge in [-0.15, -0.1) is 0 Å². The Bertz CT molecular complexity index is 336. The molecule has 1 aliphatic rings. The van der Waals surface area contributed by atoms with E-state index in [1.165, 1.54) is 0 Å². The van der Waals surface area contributed by atoms with Crippen LogP contribution in [0.15, 0.2) is 18.2 Å². The predicted octanol–water partition coefficient (Wildman–Crippen LogP) is 1.19. The summed E-state index contributed by atoms with van der Waals surface area (Å²) in [6.07, 6.45) is 2.68. The highest BCUT2D eigenvalue weighted by Crippen LogP contribution is 2.28. The predicted molar refractivity (Wildman–Crippen MR) is 52.7 cm³/mol. The summed E-state index contributed by atoms with van der Waals surface area (Å²) in [5.41, 5.74) is 8.76. The molecule has 0 fully saturated rings. The SMILES string of the molecule is Nc1cccc2c1CCC(C=O)N2. The Morgan fingerprint density at radius 2 is 2.38 bits per heavy atom. The van der Waals surface area contributed by atoms with E-state index in [-0.39, 0.29) is 6.04 Å². The smallest absolute Gasteiger partial charge is 0.142 e. The van der Waals surface area contributed by atoms with Crippen molar-refractivity contribution in [2.45, 2.75) is 18.9 Å². The molecule has 0 amide bonds. The third-order valence-corrected chi connectivity index (χ3v) is 2.42. The number of rotatable bonds is 1. The number of carbonyl (C=O) groups excluding carboxylic acids is 1. The van der Waals surface area contributed by atoms with Crippen molar-refractivity contribution in [3.05, 3.63) is 23.8 Å². The molecule has 1 aromatic carbocycles. The highest BCUT2D eigenvalue weighted by atomic mass is 16.1. The van der Waals surface area contributed by atoms with Crippen molar-refractivity contribution in [3.63, 3.8) is 0 Å². The van der Waals surface area contributed by atoms with Crippen molar-refractivity contribution < 1.29 is 4.79 Å². The number of fused-ring (bicyclic) bond motifs is 1. The number of hydrogen-bond acceptors (Lipinski definition) is 3. The number of hydrogen-bond donors (Lipinski definition) is 2. The molecule has 1 aliphatic heterocycles. The minimum atomic E-state index is -0.0469. The van der Waals surface area contributed by atoms with Crippen molar-refractivity contribution in [3.8, 4) is 0 Å². The van der Waals surface area contributed by atoms with E-state index < -0.39 is 0 Å². The Hall–Kier alpha value is -1.51. The minimum Gasteiger partial charge on any atom is -0.398 e. The molecule has 0 saturated heterocycles. The largest absolute Gasteiger partial charge is 0.398 e. The van der Waals surface area contributed by atoms with Gasteiger partial charge in [0.05, 0.1) is 6.04 Å². The Morgan fingerprint density at radius 1 is 1.54 bits per heavy atom. The summed E-state index contributed by atoms with van der Waals surface area (Å²) in [6, 6.07) is 5.70. The molecule has 68 valence electrons. The molecule has 3 nitrogen and oxygen atoms in total. The van der Waals surface area contributed by atoms with Gasteiger partial charge >= 0.3 is 0 Å². The average molecular weight is 176 g/mol. The quantitative estimate of drug-likeness (QED) is 0.499. The zero-order valence-corrected chi connectivity index (χ0v) is 7.29. The van der Waals surface area contributed by atoms with Crippen molar-refractivity contribution in [2.75, 3.05) is 11.1 Å². The van der Waals surface area contributed by atoms with Crippen LogP contribution in [-0.4, -0.2) is 12.3 Å². The Balaban J connectivity index is 2.36. The van der Waals surface area contributed by atoms with Crippen molar-refractivity contribution in [1.29, 1.82) is 0 Å². The molecule has 0 spiro atoms. The second-order valence-electron chi connectivity index (χ2n) is 3.30. The summed E-state index contributed by atoms with van der Waals surface area (Å²) in [4.78, 5) is 10.6. The summed E-state index contributed by atoms with van der Waals surface area (Å²) < 4.78 is 0. The lowest BCUT2D eigenvalue weighted by Crippen LogP contribution is -2.26. The fourth-order valence-electron chi connectivity index (χ4n) is 1.69. The van der Waals surface area contributed by atoms with E-state index >= 15 is 0 Å². The standard InChI is InChI=1S/C10H12N2O/c11-9-2-1-3-10-8(9)5-4-7(6-13)12-10/h1-3,6-7,12H,4-5,11H2. The molecule has 13 heavy (non-hydrogen) atoms. The van der Waals surface area contributed by atoms with Gasteiger partial charge < -0.3 is 15.8 Å². The van der Waals surface area contributed by atoms with Crippen LogP contribution in [0.2, 0.25) is 0 Å². The van der Waals surface area contributed by atoms with Crippen LogP contribution in [0.5, 0.6) is 0 Å². The molecule has 1 heterocycles. The molecule has 0 bridgehead atoms. The maximum Gasteiger partial charge on any atom is 0.142 e. The van der Waals surface area contributed by atoms with E-state index in [1.807, 2.05) is 18.2 Å². The monoisotopic (exact) mass is 176 g/mol. The third kappa shape index (κ3) is 1.37. The average Bonchev–Trinajstić information content (AvgIpc) is 2.18. The molecule has 0 aromatic heterocycles. The molecule has 1 atom stereocenters. The first-order valence-electron chi connectivity index (χ1n) is 4.40. The van der Waals surface area contributed by atoms with Crippen LogP contribution in [-0.2, 0) is 11.2 Å².